The number of carboxylic acid groups (broad SMARTS) is 1. The molecule has 1 aliphatic rings. The fourth-order valence-corrected chi connectivity index (χ4v) is 1.62. The topological polar surface area (TPSA) is 115 Å². The van der Waals surface area contributed by atoms with E-state index in [-0.39, 0.29) is 17.9 Å². The number of aliphatic carboxylic acids is 1. The van der Waals surface area contributed by atoms with Crippen molar-refractivity contribution in [3.8, 4) is 0 Å². The fraction of sp³-hybridized carbons (Fsp3) is 0.750. The zero-order valence-corrected chi connectivity index (χ0v) is 7.90. The summed E-state index contributed by atoms with van der Waals surface area (Å²) in [5, 5.41) is 8.75. The highest BCUT2D eigenvalue weighted by atomic mass is 16.4. The van der Waals surface area contributed by atoms with Crippen LogP contribution in [0.5, 0.6) is 0 Å². The number of primary amides is 1. The summed E-state index contributed by atoms with van der Waals surface area (Å²) in [5.74, 6) is -1.52. The molecule has 6 heteroatoms. The van der Waals surface area contributed by atoms with E-state index in [1.807, 2.05) is 0 Å². The minimum absolute atomic E-state index is 0. The highest BCUT2D eigenvalue weighted by molar-refractivity contribution is 5.76. The average molecular weight is 204 g/mol. The van der Waals surface area contributed by atoms with Gasteiger partial charge in [-0.2, -0.15) is 0 Å². The Hall–Kier alpha value is -1.14. The van der Waals surface area contributed by atoms with E-state index >= 15 is 0 Å². The number of carbonyl (C=O) groups excluding carboxylic acids is 1. The molecule has 1 unspecified atom stereocenters. The van der Waals surface area contributed by atoms with Gasteiger partial charge < -0.3 is 16.3 Å². The van der Waals surface area contributed by atoms with E-state index in [9.17, 15) is 9.59 Å². The van der Waals surface area contributed by atoms with Gasteiger partial charge in [0.15, 0.2) is 0 Å². The molecule has 1 atom stereocenters. The van der Waals surface area contributed by atoms with Crippen molar-refractivity contribution in [1.29, 1.82) is 0 Å². The van der Waals surface area contributed by atoms with Crippen LogP contribution in [0.3, 0.4) is 0 Å². The molecule has 0 bridgehead atoms. The fourth-order valence-electron chi connectivity index (χ4n) is 1.62. The number of rotatable bonds is 3. The van der Waals surface area contributed by atoms with Gasteiger partial charge in [0.2, 0.25) is 5.91 Å². The van der Waals surface area contributed by atoms with Crippen molar-refractivity contribution >= 4 is 11.9 Å². The minimum Gasteiger partial charge on any atom is -0.481 e. The Morgan fingerprint density at radius 1 is 1.50 bits per heavy atom. The van der Waals surface area contributed by atoms with Crippen LogP contribution in [0.2, 0.25) is 0 Å². The lowest BCUT2D eigenvalue weighted by molar-refractivity contribution is -0.144. The first kappa shape index (κ1) is 12.9. The molecular weight excluding hydrogens is 188 g/mol. The molecule has 1 rings (SSSR count). The van der Waals surface area contributed by atoms with E-state index in [4.69, 9.17) is 10.8 Å². The summed E-state index contributed by atoms with van der Waals surface area (Å²) in [6, 6.07) is 0. The maximum Gasteiger partial charge on any atom is 0.307 e. The van der Waals surface area contributed by atoms with Gasteiger partial charge in [-0.05, 0) is 19.4 Å². The van der Waals surface area contributed by atoms with Crippen LogP contribution in [0.1, 0.15) is 12.8 Å². The van der Waals surface area contributed by atoms with Gasteiger partial charge in [-0.25, -0.2) is 0 Å². The molecule has 1 aliphatic heterocycles. The van der Waals surface area contributed by atoms with E-state index in [1.165, 1.54) is 0 Å². The summed E-state index contributed by atoms with van der Waals surface area (Å²) in [6.07, 6.45) is 1.52. The zero-order chi connectivity index (χ0) is 9.84. The third-order valence-electron chi connectivity index (χ3n) is 2.23. The molecule has 0 aromatic heterocycles. The smallest absolute Gasteiger partial charge is 0.307 e. The van der Waals surface area contributed by atoms with Crippen molar-refractivity contribution in [3.05, 3.63) is 0 Å². The predicted octanol–water partition coefficient (Wildman–Crippen LogP) is -1.56. The maximum absolute atomic E-state index is 10.6. The van der Waals surface area contributed by atoms with Crippen LogP contribution in [-0.2, 0) is 9.59 Å². The summed E-state index contributed by atoms with van der Waals surface area (Å²) in [4.78, 5) is 23.0. The minimum atomic E-state index is -0.783. The maximum atomic E-state index is 10.6. The van der Waals surface area contributed by atoms with E-state index in [2.05, 4.69) is 0 Å². The molecule has 1 heterocycles. The van der Waals surface area contributed by atoms with E-state index in [0.717, 1.165) is 13.0 Å². The number of piperidine rings is 1. The number of hydrogen-bond donors (Lipinski definition) is 2. The summed E-state index contributed by atoms with van der Waals surface area (Å²) in [6.45, 7) is 1.38. The van der Waals surface area contributed by atoms with Crippen LogP contribution in [0.25, 0.3) is 0 Å². The lowest BCUT2D eigenvalue weighted by atomic mass is 9.98. The third kappa shape index (κ3) is 3.71. The zero-order valence-electron chi connectivity index (χ0n) is 7.90. The molecular formula is C8H16N2O4. The number of nitrogens with zero attached hydrogens (tertiary/aromatic N) is 1. The molecule has 0 aromatic rings. The number of amides is 1. The lowest BCUT2D eigenvalue weighted by Gasteiger charge is -2.29. The first-order chi connectivity index (χ1) is 6.09. The second kappa shape index (κ2) is 5.56. The SMILES string of the molecule is NC(=O)CN1CCCC(C(=O)O)C1.O. The number of carboxylic acids is 1. The first-order valence-electron chi connectivity index (χ1n) is 4.33. The molecule has 0 radical (unpaired) electrons. The second-order valence-corrected chi connectivity index (χ2v) is 3.38. The Labute approximate surface area is 82.0 Å². The molecule has 14 heavy (non-hydrogen) atoms. The number of likely N-dealkylation sites (tertiary alicyclic amines) is 1. The monoisotopic (exact) mass is 204 g/mol. The van der Waals surface area contributed by atoms with Crippen molar-refractivity contribution in [2.45, 2.75) is 12.8 Å². The van der Waals surface area contributed by atoms with Gasteiger partial charge in [-0.1, -0.05) is 0 Å². The summed E-state index contributed by atoms with van der Waals surface area (Å²) < 4.78 is 0. The van der Waals surface area contributed by atoms with Gasteiger partial charge >= 0.3 is 5.97 Å². The van der Waals surface area contributed by atoms with Gasteiger partial charge in [0.05, 0.1) is 12.5 Å². The van der Waals surface area contributed by atoms with Crippen LogP contribution >= 0.6 is 0 Å². The number of nitrogens with two attached hydrogens (primary N) is 1. The molecule has 0 aliphatic carbocycles. The first-order valence-corrected chi connectivity index (χ1v) is 4.33. The van der Waals surface area contributed by atoms with Crippen LogP contribution < -0.4 is 5.73 Å². The molecule has 1 saturated heterocycles. The molecule has 1 fully saturated rings. The Kier molecular flexibility index (Phi) is 5.11. The molecule has 1 amide bonds. The number of carbonyl (C=O) groups is 2. The summed E-state index contributed by atoms with van der Waals surface area (Å²) >= 11 is 0. The highest BCUT2D eigenvalue weighted by Crippen LogP contribution is 2.15. The van der Waals surface area contributed by atoms with E-state index in [0.29, 0.717) is 13.0 Å². The van der Waals surface area contributed by atoms with Gasteiger partial charge in [0.25, 0.3) is 0 Å². The van der Waals surface area contributed by atoms with Gasteiger partial charge in [-0.3, -0.25) is 14.5 Å². The van der Waals surface area contributed by atoms with Gasteiger partial charge in [0.1, 0.15) is 0 Å². The van der Waals surface area contributed by atoms with Crippen LogP contribution in [0.15, 0.2) is 0 Å². The Morgan fingerprint density at radius 3 is 2.64 bits per heavy atom. The highest BCUT2D eigenvalue weighted by Gasteiger charge is 2.25. The molecule has 82 valence electrons. The second-order valence-electron chi connectivity index (χ2n) is 3.38. The number of hydrogen-bond acceptors (Lipinski definition) is 3. The average Bonchev–Trinajstić information content (AvgIpc) is 2.03. The van der Waals surface area contributed by atoms with Gasteiger partial charge in [0, 0.05) is 6.54 Å². The van der Waals surface area contributed by atoms with Crippen LogP contribution in [-0.4, -0.2) is 47.0 Å². The summed E-state index contributed by atoms with van der Waals surface area (Å²) in [5.41, 5.74) is 5.02. The van der Waals surface area contributed by atoms with Crippen molar-refractivity contribution < 1.29 is 20.2 Å². The lowest BCUT2D eigenvalue weighted by Crippen LogP contribution is -2.42. The largest absolute Gasteiger partial charge is 0.481 e. The molecule has 0 saturated carbocycles. The molecule has 6 nitrogen and oxygen atoms in total. The van der Waals surface area contributed by atoms with E-state index < -0.39 is 11.9 Å². The van der Waals surface area contributed by atoms with E-state index in [1.54, 1.807) is 4.90 Å². The molecule has 0 spiro atoms. The Balaban J connectivity index is 0.00000169. The van der Waals surface area contributed by atoms with Crippen molar-refractivity contribution in [2.75, 3.05) is 19.6 Å². The van der Waals surface area contributed by atoms with Crippen molar-refractivity contribution in [1.82, 2.24) is 4.90 Å². The van der Waals surface area contributed by atoms with Crippen LogP contribution in [0, 0.1) is 5.92 Å². The standard InChI is InChI=1S/C8H14N2O3.H2O/c9-7(11)5-10-3-1-2-6(4-10)8(12)13;/h6H,1-5H2,(H2,9,11)(H,12,13);1H2. The normalized spacial score (nSPS) is 22.4. The van der Waals surface area contributed by atoms with Crippen molar-refractivity contribution in [3.63, 3.8) is 0 Å². The molecule has 5 N–H and O–H groups in total. The van der Waals surface area contributed by atoms with Crippen molar-refractivity contribution in [2.24, 2.45) is 11.7 Å². The quantitative estimate of drug-likeness (QED) is 0.578. The van der Waals surface area contributed by atoms with Gasteiger partial charge in [-0.15, -0.1) is 0 Å². The third-order valence-corrected chi connectivity index (χ3v) is 2.23. The Bertz CT molecular complexity index is 219. The summed E-state index contributed by atoms with van der Waals surface area (Å²) in [7, 11) is 0. The molecule has 0 aromatic carbocycles. The van der Waals surface area contributed by atoms with Crippen LogP contribution in [0.4, 0.5) is 0 Å². The Morgan fingerprint density at radius 2 is 2.14 bits per heavy atom. The predicted molar refractivity (Wildman–Crippen MR) is 49.6 cm³/mol.